The molecule has 0 atom stereocenters. The fourth-order valence-corrected chi connectivity index (χ4v) is 2.01. The minimum Gasteiger partial charge on any atom is -0.481 e. The quantitative estimate of drug-likeness (QED) is 0.737. The first kappa shape index (κ1) is 11.4. The van der Waals surface area contributed by atoms with E-state index in [2.05, 4.69) is 20.2 Å². The van der Waals surface area contributed by atoms with Crippen molar-refractivity contribution in [2.24, 2.45) is 0 Å². The van der Waals surface area contributed by atoms with Gasteiger partial charge in [0, 0.05) is 29.6 Å². The van der Waals surface area contributed by atoms with Crippen molar-refractivity contribution in [2.75, 3.05) is 12.8 Å². The number of pyridine rings is 1. The monoisotopic (exact) mass is 256 g/mol. The SMILES string of the molecule is COc1nccc(-c2nnc3ccnc(N)n23)c1C. The number of nitrogen functional groups attached to an aromatic ring is 1. The topological polar surface area (TPSA) is 91.2 Å². The molecule has 0 aliphatic carbocycles. The zero-order valence-corrected chi connectivity index (χ0v) is 10.5. The molecular weight excluding hydrogens is 244 g/mol. The summed E-state index contributed by atoms with van der Waals surface area (Å²) in [6, 6.07) is 3.60. The molecule has 3 aromatic heterocycles. The molecule has 2 N–H and O–H groups in total. The highest BCUT2D eigenvalue weighted by Crippen LogP contribution is 2.27. The number of anilines is 1. The van der Waals surface area contributed by atoms with E-state index < -0.39 is 0 Å². The van der Waals surface area contributed by atoms with Crippen LogP contribution >= 0.6 is 0 Å². The van der Waals surface area contributed by atoms with Gasteiger partial charge in [0.1, 0.15) is 0 Å². The molecule has 7 heteroatoms. The predicted molar refractivity (Wildman–Crippen MR) is 69.7 cm³/mol. The smallest absolute Gasteiger partial charge is 0.216 e. The molecule has 3 heterocycles. The lowest BCUT2D eigenvalue weighted by Crippen LogP contribution is -2.02. The second kappa shape index (κ2) is 4.20. The third kappa shape index (κ3) is 1.67. The van der Waals surface area contributed by atoms with E-state index in [-0.39, 0.29) is 0 Å². The Kier molecular flexibility index (Phi) is 2.52. The Morgan fingerprint density at radius 3 is 2.74 bits per heavy atom. The van der Waals surface area contributed by atoms with E-state index in [1.54, 1.807) is 30.0 Å². The van der Waals surface area contributed by atoms with Crippen molar-refractivity contribution in [3.8, 4) is 17.3 Å². The van der Waals surface area contributed by atoms with Crippen LogP contribution < -0.4 is 10.5 Å². The second-order valence-electron chi connectivity index (χ2n) is 4.01. The fourth-order valence-electron chi connectivity index (χ4n) is 2.01. The number of hydrogen-bond donors (Lipinski definition) is 1. The van der Waals surface area contributed by atoms with Crippen LogP contribution in [0.15, 0.2) is 24.5 Å². The molecule has 19 heavy (non-hydrogen) atoms. The summed E-state index contributed by atoms with van der Waals surface area (Å²) in [7, 11) is 1.58. The van der Waals surface area contributed by atoms with Gasteiger partial charge in [-0.15, -0.1) is 10.2 Å². The van der Waals surface area contributed by atoms with E-state index in [1.807, 2.05) is 13.0 Å². The zero-order chi connectivity index (χ0) is 13.4. The number of aromatic nitrogens is 5. The third-order valence-corrected chi connectivity index (χ3v) is 2.94. The molecule has 0 saturated heterocycles. The van der Waals surface area contributed by atoms with E-state index >= 15 is 0 Å². The Labute approximate surface area is 109 Å². The standard InChI is InChI=1S/C12H12N6O/c1-7-8(3-5-14-11(7)19-2)10-17-16-9-4-6-15-12(13)18(9)10/h3-6H,1-2H3,(H2,13,15). The van der Waals surface area contributed by atoms with Gasteiger partial charge in [-0.1, -0.05) is 0 Å². The number of ether oxygens (including phenoxy) is 1. The highest BCUT2D eigenvalue weighted by Gasteiger charge is 2.15. The van der Waals surface area contributed by atoms with Crippen molar-refractivity contribution >= 4 is 11.6 Å². The zero-order valence-electron chi connectivity index (χ0n) is 10.5. The average molecular weight is 256 g/mol. The molecule has 0 bridgehead atoms. The van der Waals surface area contributed by atoms with Gasteiger partial charge in [0.05, 0.1) is 7.11 Å². The summed E-state index contributed by atoms with van der Waals surface area (Å²) in [5.41, 5.74) is 8.27. The highest BCUT2D eigenvalue weighted by atomic mass is 16.5. The highest BCUT2D eigenvalue weighted by molar-refractivity contribution is 5.66. The van der Waals surface area contributed by atoms with Crippen LogP contribution in [0.25, 0.3) is 17.0 Å². The molecule has 0 unspecified atom stereocenters. The van der Waals surface area contributed by atoms with E-state index in [4.69, 9.17) is 10.5 Å². The maximum atomic E-state index is 5.88. The minimum atomic E-state index is 0.340. The Morgan fingerprint density at radius 2 is 1.95 bits per heavy atom. The summed E-state index contributed by atoms with van der Waals surface area (Å²) < 4.78 is 6.91. The molecule has 0 aliphatic rings. The van der Waals surface area contributed by atoms with Gasteiger partial charge in [-0.2, -0.15) is 0 Å². The lowest BCUT2D eigenvalue weighted by Gasteiger charge is -2.08. The molecule has 0 aromatic carbocycles. The molecule has 0 amide bonds. The van der Waals surface area contributed by atoms with E-state index in [0.29, 0.717) is 23.3 Å². The molecule has 0 aliphatic heterocycles. The van der Waals surface area contributed by atoms with Gasteiger partial charge in [-0.05, 0) is 13.0 Å². The van der Waals surface area contributed by atoms with Crippen LogP contribution in [0.1, 0.15) is 5.56 Å². The maximum Gasteiger partial charge on any atom is 0.216 e. The number of nitrogens with two attached hydrogens (primary N) is 1. The van der Waals surface area contributed by atoms with Crippen LogP contribution in [0.2, 0.25) is 0 Å². The number of hydrogen-bond acceptors (Lipinski definition) is 6. The summed E-state index contributed by atoms with van der Waals surface area (Å²) in [6.07, 6.45) is 3.26. The average Bonchev–Trinajstić information content (AvgIpc) is 2.84. The number of rotatable bonds is 2. The molecule has 0 radical (unpaired) electrons. The molecule has 3 rings (SSSR count). The molecule has 0 saturated carbocycles. The first-order chi connectivity index (χ1) is 9.22. The van der Waals surface area contributed by atoms with Gasteiger partial charge in [0.2, 0.25) is 11.8 Å². The molecular formula is C12H12N6O. The van der Waals surface area contributed by atoms with Crippen LogP contribution in [-0.2, 0) is 0 Å². The normalized spacial score (nSPS) is 10.8. The first-order valence-corrected chi connectivity index (χ1v) is 5.68. The number of fused-ring (bicyclic) bond motifs is 1. The Balaban J connectivity index is 2.31. The van der Waals surface area contributed by atoms with Gasteiger partial charge in [-0.3, -0.25) is 0 Å². The van der Waals surface area contributed by atoms with Gasteiger partial charge < -0.3 is 10.5 Å². The summed E-state index contributed by atoms with van der Waals surface area (Å²) in [5.74, 6) is 1.52. The summed E-state index contributed by atoms with van der Waals surface area (Å²) in [5, 5.41) is 8.26. The summed E-state index contributed by atoms with van der Waals surface area (Å²) in [4.78, 5) is 8.20. The lowest BCUT2D eigenvalue weighted by molar-refractivity contribution is 0.395. The van der Waals surface area contributed by atoms with E-state index in [0.717, 1.165) is 11.1 Å². The first-order valence-electron chi connectivity index (χ1n) is 5.68. The molecule has 0 fully saturated rings. The number of nitrogens with zero attached hydrogens (tertiary/aromatic N) is 5. The molecule has 0 spiro atoms. The van der Waals surface area contributed by atoms with Gasteiger partial charge in [-0.25, -0.2) is 14.4 Å². The van der Waals surface area contributed by atoms with Crippen LogP contribution in [0.5, 0.6) is 5.88 Å². The van der Waals surface area contributed by atoms with Crippen LogP contribution in [-0.4, -0.2) is 31.7 Å². The fraction of sp³-hybridized carbons (Fsp3) is 0.167. The summed E-state index contributed by atoms with van der Waals surface area (Å²) in [6.45, 7) is 1.91. The van der Waals surface area contributed by atoms with Crippen molar-refractivity contribution < 1.29 is 4.74 Å². The van der Waals surface area contributed by atoms with E-state index in [1.165, 1.54) is 0 Å². The molecule has 3 aromatic rings. The van der Waals surface area contributed by atoms with Crippen molar-refractivity contribution in [2.45, 2.75) is 6.92 Å². The Bertz CT molecular complexity index is 751. The molecule has 96 valence electrons. The summed E-state index contributed by atoms with van der Waals surface area (Å²) >= 11 is 0. The van der Waals surface area contributed by atoms with Gasteiger partial charge >= 0.3 is 0 Å². The Morgan fingerprint density at radius 1 is 1.16 bits per heavy atom. The van der Waals surface area contributed by atoms with Crippen molar-refractivity contribution in [1.29, 1.82) is 0 Å². The van der Waals surface area contributed by atoms with Crippen molar-refractivity contribution in [1.82, 2.24) is 24.6 Å². The van der Waals surface area contributed by atoms with Crippen LogP contribution in [0.4, 0.5) is 5.95 Å². The van der Waals surface area contributed by atoms with Crippen molar-refractivity contribution in [3.05, 3.63) is 30.1 Å². The maximum absolute atomic E-state index is 5.88. The van der Waals surface area contributed by atoms with Gasteiger partial charge in [0.25, 0.3) is 0 Å². The predicted octanol–water partition coefficient (Wildman–Crippen LogP) is 1.09. The van der Waals surface area contributed by atoms with Crippen LogP contribution in [0, 0.1) is 6.92 Å². The third-order valence-electron chi connectivity index (χ3n) is 2.94. The lowest BCUT2D eigenvalue weighted by atomic mass is 10.1. The Hall–Kier alpha value is -2.70. The largest absolute Gasteiger partial charge is 0.481 e. The van der Waals surface area contributed by atoms with Crippen molar-refractivity contribution in [3.63, 3.8) is 0 Å². The minimum absolute atomic E-state index is 0.340. The second-order valence-corrected chi connectivity index (χ2v) is 4.01. The molecule has 7 nitrogen and oxygen atoms in total. The van der Waals surface area contributed by atoms with Crippen LogP contribution in [0.3, 0.4) is 0 Å². The van der Waals surface area contributed by atoms with E-state index in [9.17, 15) is 0 Å². The number of methoxy groups -OCH3 is 1. The van der Waals surface area contributed by atoms with Gasteiger partial charge in [0.15, 0.2) is 11.5 Å².